The molecule has 8 heteroatoms. The van der Waals surface area contributed by atoms with Crippen molar-refractivity contribution in [2.75, 3.05) is 13.1 Å². The van der Waals surface area contributed by atoms with Gasteiger partial charge in [0.15, 0.2) is 0 Å². The number of hydrogen-bond acceptors (Lipinski definition) is 5. The minimum absolute atomic E-state index is 0.249. The van der Waals surface area contributed by atoms with Gasteiger partial charge in [0, 0.05) is 29.1 Å². The number of fused-ring (bicyclic) bond motifs is 1. The zero-order chi connectivity index (χ0) is 25.1. The van der Waals surface area contributed by atoms with E-state index in [4.69, 9.17) is 14.0 Å². The van der Waals surface area contributed by atoms with Crippen molar-refractivity contribution in [3.63, 3.8) is 0 Å². The third kappa shape index (κ3) is 6.61. The topological polar surface area (TPSA) is 60.9 Å². The van der Waals surface area contributed by atoms with E-state index in [-0.39, 0.29) is 24.4 Å². The number of carbonyl (C=O) groups is 1. The molecule has 3 heterocycles. The number of carbonyl (C=O) groups excluding carboxylic acids is 1. The molecule has 6 nitrogen and oxygen atoms in total. The van der Waals surface area contributed by atoms with Gasteiger partial charge in [0.25, 0.3) is 0 Å². The Hall–Kier alpha value is -1.90. The van der Waals surface area contributed by atoms with Gasteiger partial charge < -0.3 is 18.9 Å². The van der Waals surface area contributed by atoms with Crippen LogP contribution in [0.25, 0.3) is 10.9 Å². The molecule has 0 bridgehead atoms. The predicted molar refractivity (Wildman–Crippen MR) is 141 cm³/mol. The van der Waals surface area contributed by atoms with Gasteiger partial charge in [-0.25, -0.2) is 4.79 Å². The highest BCUT2D eigenvalue weighted by atomic mass is 79.9. The average Bonchev–Trinajstić information content (AvgIpc) is 2.90. The number of halogens is 1. The lowest BCUT2D eigenvalue weighted by Gasteiger charge is -2.32. The molecule has 0 N–H and O–H groups in total. The quantitative estimate of drug-likeness (QED) is 0.390. The van der Waals surface area contributed by atoms with Crippen molar-refractivity contribution in [3.05, 3.63) is 52.5 Å². The number of amides is 1. The van der Waals surface area contributed by atoms with E-state index in [1.165, 1.54) is 0 Å². The molecule has 0 saturated carbocycles. The largest absolute Gasteiger partial charge is 0.490 e. The zero-order valence-electron chi connectivity index (χ0n) is 21.4. The Morgan fingerprint density at radius 2 is 1.74 bits per heavy atom. The van der Waals surface area contributed by atoms with Crippen LogP contribution in [0.5, 0.6) is 0 Å². The molecule has 1 aromatic heterocycles. The lowest BCUT2D eigenvalue weighted by Crippen LogP contribution is -2.41. The summed E-state index contributed by atoms with van der Waals surface area (Å²) in [7, 11) is -0.321. The fourth-order valence-corrected chi connectivity index (χ4v) is 4.12. The van der Waals surface area contributed by atoms with Crippen LogP contribution in [0.15, 0.2) is 52.5 Å². The highest BCUT2D eigenvalue weighted by molar-refractivity contribution is 9.10. The Labute approximate surface area is 212 Å². The molecular weight excluding hydrogens is 495 g/mol. The van der Waals surface area contributed by atoms with Gasteiger partial charge in [-0.1, -0.05) is 40.2 Å². The van der Waals surface area contributed by atoms with Crippen LogP contribution in [0.4, 0.5) is 4.79 Å². The van der Waals surface area contributed by atoms with Crippen molar-refractivity contribution in [3.8, 4) is 0 Å². The third-order valence-corrected chi connectivity index (χ3v) is 6.97. The summed E-state index contributed by atoms with van der Waals surface area (Å²) < 4.78 is 18.8. The Balaban J connectivity index is 0.000000243. The first-order chi connectivity index (χ1) is 15.8. The summed E-state index contributed by atoms with van der Waals surface area (Å²) in [5.41, 5.74) is 1.01. The molecule has 0 unspecified atom stereocenters. The summed E-state index contributed by atoms with van der Waals surface area (Å²) in [4.78, 5) is 18.2. The first-order valence-electron chi connectivity index (χ1n) is 11.8. The van der Waals surface area contributed by atoms with Crippen LogP contribution < -0.4 is 0 Å². The Kier molecular flexibility index (Phi) is 8.16. The van der Waals surface area contributed by atoms with Crippen molar-refractivity contribution in [2.45, 2.75) is 78.1 Å². The van der Waals surface area contributed by atoms with Crippen LogP contribution in [-0.4, -0.2) is 53.0 Å². The normalized spacial score (nSPS) is 19.7. The van der Waals surface area contributed by atoms with Gasteiger partial charge in [-0.15, -0.1) is 0 Å². The molecule has 1 aromatic carbocycles. The Bertz CT molecular complexity index is 1030. The fraction of sp³-hybridized carbons (Fsp3) is 0.538. The van der Waals surface area contributed by atoms with Crippen molar-refractivity contribution >= 4 is 40.0 Å². The molecule has 1 saturated heterocycles. The Morgan fingerprint density at radius 3 is 2.35 bits per heavy atom. The van der Waals surface area contributed by atoms with Gasteiger partial charge in [0.05, 0.1) is 16.7 Å². The summed E-state index contributed by atoms with van der Waals surface area (Å²) in [6.07, 6.45) is 5.23. The predicted octanol–water partition coefficient (Wildman–Crippen LogP) is 6.57. The van der Waals surface area contributed by atoms with Crippen LogP contribution in [0.3, 0.4) is 0 Å². The molecule has 2 aromatic rings. The molecule has 0 aliphatic carbocycles. The maximum atomic E-state index is 12.2. The first-order valence-corrected chi connectivity index (χ1v) is 12.6. The van der Waals surface area contributed by atoms with Crippen LogP contribution in [0.2, 0.25) is 0 Å². The van der Waals surface area contributed by atoms with Gasteiger partial charge >= 0.3 is 13.2 Å². The fourth-order valence-electron chi connectivity index (χ4n) is 3.66. The first kappa shape index (κ1) is 26.7. The molecule has 2 aliphatic rings. The summed E-state index contributed by atoms with van der Waals surface area (Å²) >= 11 is 3.46. The van der Waals surface area contributed by atoms with Gasteiger partial charge in [0.1, 0.15) is 5.60 Å². The van der Waals surface area contributed by atoms with E-state index in [0.717, 1.165) is 33.7 Å². The van der Waals surface area contributed by atoms with Crippen molar-refractivity contribution < 1.29 is 18.8 Å². The van der Waals surface area contributed by atoms with Crippen LogP contribution >= 0.6 is 15.9 Å². The average molecular weight is 531 g/mol. The number of rotatable bonds is 1. The van der Waals surface area contributed by atoms with E-state index in [9.17, 15) is 4.79 Å². The number of hydrogen-bond donors (Lipinski definition) is 0. The maximum absolute atomic E-state index is 12.2. The molecule has 0 spiro atoms. The number of aromatic nitrogens is 1. The van der Waals surface area contributed by atoms with Crippen molar-refractivity contribution in [1.29, 1.82) is 0 Å². The van der Waals surface area contributed by atoms with E-state index in [1.54, 1.807) is 11.1 Å². The third-order valence-electron chi connectivity index (χ3n) is 6.28. The van der Waals surface area contributed by atoms with Gasteiger partial charge in [-0.05, 0) is 78.9 Å². The second kappa shape index (κ2) is 10.4. The molecule has 4 rings (SSSR count). The molecule has 2 aliphatic heterocycles. The van der Waals surface area contributed by atoms with E-state index in [1.807, 2.05) is 51.1 Å². The molecular formula is C26H36BBrN2O4. The second-order valence-electron chi connectivity index (χ2n) is 10.7. The number of pyridine rings is 1. The van der Waals surface area contributed by atoms with Crippen LogP contribution in [0, 0.1) is 0 Å². The molecule has 184 valence electrons. The highest BCUT2D eigenvalue weighted by Gasteiger charge is 2.52. The van der Waals surface area contributed by atoms with Crippen LogP contribution in [0.1, 0.15) is 61.3 Å². The number of benzene rings is 1. The zero-order valence-corrected chi connectivity index (χ0v) is 22.9. The number of nitrogens with zero attached hydrogens (tertiary/aromatic N) is 2. The monoisotopic (exact) mass is 530 g/mol. The minimum Gasteiger partial charge on any atom is -0.444 e. The lowest BCUT2D eigenvalue weighted by molar-refractivity contribution is 0.00578. The molecule has 0 radical (unpaired) electrons. The molecule has 1 amide bonds. The minimum atomic E-state index is -0.467. The smallest absolute Gasteiger partial charge is 0.444 e. The molecule has 1 fully saturated rings. The number of ether oxygens (including phenoxy) is 1. The Morgan fingerprint density at radius 1 is 1.09 bits per heavy atom. The maximum Gasteiger partial charge on any atom is 0.490 e. The summed E-state index contributed by atoms with van der Waals surface area (Å²) in [6.45, 7) is 15.2. The SMILES string of the molecule is Brc1ccnc2ccccc12.CC(C)(C)OC(=O)N1CCC=C(B2OC(C)(C)C(C)(C)O2)CC1. The van der Waals surface area contributed by atoms with E-state index in [0.29, 0.717) is 13.1 Å². The second-order valence-corrected chi connectivity index (χ2v) is 11.5. The standard InChI is InChI=1S/C17H30BNO4.C9H6BrN/c1-15(2,3)21-14(20)19-11-8-9-13(10-12-19)18-22-16(4,5)17(6,7)23-18;10-8-5-6-11-9-4-2-1-3-7(8)9/h9H,8,10-12H2,1-7H3;1-6H. The lowest BCUT2D eigenvalue weighted by atomic mass is 9.76. The van der Waals surface area contributed by atoms with Gasteiger partial charge in [-0.3, -0.25) is 4.98 Å². The number of para-hydroxylation sites is 1. The summed E-state index contributed by atoms with van der Waals surface area (Å²) in [5.74, 6) is 0. The van der Waals surface area contributed by atoms with Crippen molar-refractivity contribution in [1.82, 2.24) is 9.88 Å². The van der Waals surface area contributed by atoms with E-state index in [2.05, 4.69) is 54.7 Å². The van der Waals surface area contributed by atoms with E-state index < -0.39 is 5.60 Å². The molecule has 0 atom stereocenters. The van der Waals surface area contributed by atoms with Gasteiger partial charge in [-0.2, -0.15) is 0 Å². The summed E-state index contributed by atoms with van der Waals surface area (Å²) in [5, 5.41) is 1.16. The van der Waals surface area contributed by atoms with Crippen molar-refractivity contribution in [2.24, 2.45) is 0 Å². The molecule has 34 heavy (non-hydrogen) atoms. The summed E-state index contributed by atoms with van der Waals surface area (Å²) in [6, 6.07) is 9.99. The highest BCUT2D eigenvalue weighted by Crippen LogP contribution is 2.39. The van der Waals surface area contributed by atoms with Gasteiger partial charge in [0.2, 0.25) is 0 Å². The van der Waals surface area contributed by atoms with E-state index >= 15 is 0 Å². The van der Waals surface area contributed by atoms with Crippen LogP contribution in [-0.2, 0) is 14.0 Å².